The summed E-state index contributed by atoms with van der Waals surface area (Å²) < 4.78 is 1.69. The van der Waals surface area contributed by atoms with Gasteiger partial charge in [0.25, 0.3) is 5.91 Å². The van der Waals surface area contributed by atoms with Crippen LogP contribution in [0, 0.1) is 0 Å². The Morgan fingerprint density at radius 1 is 1.21 bits per heavy atom. The first-order valence-corrected chi connectivity index (χ1v) is 7.99. The molecular weight excluding hydrogens is 308 g/mol. The van der Waals surface area contributed by atoms with Crippen LogP contribution in [0.2, 0.25) is 0 Å². The summed E-state index contributed by atoms with van der Waals surface area (Å²) in [5.41, 5.74) is 0.919. The molecule has 3 rings (SSSR count). The van der Waals surface area contributed by atoms with Crippen molar-refractivity contribution < 1.29 is 9.59 Å². The third kappa shape index (κ3) is 3.08. The van der Waals surface area contributed by atoms with Crippen molar-refractivity contribution >= 4 is 23.4 Å². The van der Waals surface area contributed by atoms with E-state index in [1.165, 1.54) is 0 Å². The van der Waals surface area contributed by atoms with E-state index in [4.69, 9.17) is 0 Å². The summed E-state index contributed by atoms with van der Waals surface area (Å²) in [7, 11) is 0. The van der Waals surface area contributed by atoms with E-state index < -0.39 is 0 Å². The zero-order chi connectivity index (χ0) is 17.1. The molecule has 0 atom stereocenters. The normalized spacial score (nSPS) is 14.3. The fourth-order valence-electron chi connectivity index (χ4n) is 2.56. The van der Waals surface area contributed by atoms with E-state index in [1.54, 1.807) is 45.1 Å². The molecule has 3 amide bonds. The Bertz CT molecular complexity index is 739. The number of aryl methyl sites for hydroxylation is 1. The Kier molecular flexibility index (Phi) is 4.45. The maximum absolute atomic E-state index is 12.1. The second-order valence-corrected chi connectivity index (χ2v) is 5.43. The van der Waals surface area contributed by atoms with Gasteiger partial charge in [-0.2, -0.15) is 5.10 Å². The fourth-order valence-corrected chi connectivity index (χ4v) is 2.56. The maximum atomic E-state index is 12.1. The molecule has 1 fully saturated rings. The summed E-state index contributed by atoms with van der Waals surface area (Å²) in [6.45, 7) is 6.63. The van der Waals surface area contributed by atoms with Gasteiger partial charge < -0.3 is 10.2 Å². The predicted molar refractivity (Wildman–Crippen MR) is 90.1 cm³/mol. The Hall–Kier alpha value is -2.90. The van der Waals surface area contributed by atoms with E-state index in [1.807, 2.05) is 13.8 Å². The lowest BCUT2D eigenvalue weighted by atomic mass is 10.3. The van der Waals surface area contributed by atoms with Gasteiger partial charge in [0.05, 0.1) is 11.9 Å². The summed E-state index contributed by atoms with van der Waals surface area (Å²) >= 11 is 0. The highest BCUT2D eigenvalue weighted by Crippen LogP contribution is 2.19. The molecule has 0 spiro atoms. The Labute approximate surface area is 140 Å². The van der Waals surface area contributed by atoms with Crippen LogP contribution in [0.4, 0.5) is 16.3 Å². The molecule has 3 heterocycles. The average Bonchev–Trinajstić information content (AvgIpc) is 3.22. The standard InChI is InChI=1S/C16H20N6O2/c1-3-20-9-10-22(16(20)24)14-6-5-12(11-17-14)18-15(23)13-7-8-21(4-2)19-13/h5-8,11H,3-4,9-10H2,1-2H3,(H,18,23). The van der Waals surface area contributed by atoms with Gasteiger partial charge >= 0.3 is 6.03 Å². The summed E-state index contributed by atoms with van der Waals surface area (Å²) in [5, 5.41) is 6.91. The Morgan fingerprint density at radius 3 is 2.62 bits per heavy atom. The summed E-state index contributed by atoms with van der Waals surface area (Å²) in [6, 6.07) is 5.10. The number of aromatic nitrogens is 3. The van der Waals surface area contributed by atoms with Crippen molar-refractivity contribution in [3.05, 3.63) is 36.3 Å². The molecule has 1 saturated heterocycles. The van der Waals surface area contributed by atoms with E-state index in [0.717, 1.165) is 0 Å². The number of likely N-dealkylation sites (N-methyl/N-ethyl adjacent to an activating group) is 1. The van der Waals surface area contributed by atoms with E-state index in [9.17, 15) is 9.59 Å². The lowest BCUT2D eigenvalue weighted by Gasteiger charge is -2.16. The summed E-state index contributed by atoms with van der Waals surface area (Å²) in [5.74, 6) is 0.301. The molecule has 24 heavy (non-hydrogen) atoms. The van der Waals surface area contributed by atoms with Crippen LogP contribution in [0.5, 0.6) is 0 Å². The quantitative estimate of drug-likeness (QED) is 0.907. The average molecular weight is 328 g/mol. The van der Waals surface area contributed by atoms with Crippen LogP contribution < -0.4 is 10.2 Å². The van der Waals surface area contributed by atoms with Crippen molar-refractivity contribution in [2.24, 2.45) is 0 Å². The molecule has 0 bridgehead atoms. The second kappa shape index (κ2) is 6.69. The number of pyridine rings is 1. The highest BCUT2D eigenvalue weighted by molar-refractivity contribution is 6.02. The number of hydrogen-bond donors (Lipinski definition) is 1. The van der Waals surface area contributed by atoms with E-state index >= 15 is 0 Å². The first-order chi connectivity index (χ1) is 11.6. The largest absolute Gasteiger partial charge is 0.325 e. The van der Waals surface area contributed by atoms with Crippen LogP contribution in [-0.2, 0) is 6.54 Å². The van der Waals surface area contributed by atoms with Gasteiger partial charge in [0, 0.05) is 32.4 Å². The number of anilines is 2. The molecule has 0 aliphatic carbocycles. The topological polar surface area (TPSA) is 83.4 Å². The van der Waals surface area contributed by atoms with Crippen LogP contribution in [-0.4, -0.2) is 51.2 Å². The minimum atomic E-state index is -0.286. The van der Waals surface area contributed by atoms with Crippen molar-refractivity contribution in [3.8, 4) is 0 Å². The molecule has 0 saturated carbocycles. The SMILES string of the molecule is CCN1CCN(c2ccc(NC(=O)c3ccn(CC)n3)cn2)C1=O. The monoisotopic (exact) mass is 328 g/mol. The number of hydrogen-bond acceptors (Lipinski definition) is 4. The van der Waals surface area contributed by atoms with Gasteiger partial charge in [-0.15, -0.1) is 0 Å². The van der Waals surface area contributed by atoms with Crippen LogP contribution in [0.1, 0.15) is 24.3 Å². The summed E-state index contributed by atoms with van der Waals surface area (Å²) in [6.07, 6.45) is 3.31. The van der Waals surface area contributed by atoms with Crippen LogP contribution >= 0.6 is 0 Å². The zero-order valence-electron chi connectivity index (χ0n) is 13.8. The van der Waals surface area contributed by atoms with E-state index in [0.29, 0.717) is 43.4 Å². The molecule has 1 aliphatic rings. The molecule has 1 aliphatic heterocycles. The first kappa shape index (κ1) is 16.0. The molecule has 8 nitrogen and oxygen atoms in total. The number of urea groups is 1. The molecule has 0 radical (unpaired) electrons. The Balaban J connectivity index is 1.66. The zero-order valence-corrected chi connectivity index (χ0v) is 13.8. The van der Waals surface area contributed by atoms with Gasteiger partial charge in [-0.25, -0.2) is 9.78 Å². The molecule has 1 N–H and O–H groups in total. The molecular formula is C16H20N6O2. The lowest BCUT2D eigenvalue weighted by molar-refractivity contribution is 0.102. The molecule has 8 heteroatoms. The second-order valence-electron chi connectivity index (χ2n) is 5.43. The molecule has 126 valence electrons. The highest BCUT2D eigenvalue weighted by atomic mass is 16.2. The summed E-state index contributed by atoms with van der Waals surface area (Å²) in [4.78, 5) is 32.0. The van der Waals surface area contributed by atoms with Gasteiger partial charge in [-0.1, -0.05) is 0 Å². The fraction of sp³-hybridized carbons (Fsp3) is 0.375. The van der Waals surface area contributed by atoms with Gasteiger partial charge in [0.1, 0.15) is 5.82 Å². The number of nitrogens with one attached hydrogen (secondary N) is 1. The predicted octanol–water partition coefficient (Wildman–Crippen LogP) is 1.81. The number of amides is 3. The van der Waals surface area contributed by atoms with Gasteiger partial charge in [-0.3, -0.25) is 14.4 Å². The van der Waals surface area contributed by atoms with Crippen molar-refractivity contribution in [3.63, 3.8) is 0 Å². The van der Waals surface area contributed by atoms with Crippen LogP contribution in [0.3, 0.4) is 0 Å². The number of carbonyl (C=O) groups is 2. The number of nitrogens with zero attached hydrogens (tertiary/aromatic N) is 5. The van der Waals surface area contributed by atoms with Crippen molar-refractivity contribution in [1.82, 2.24) is 19.7 Å². The minimum absolute atomic E-state index is 0.0353. The van der Waals surface area contributed by atoms with E-state index in [2.05, 4.69) is 15.4 Å². The van der Waals surface area contributed by atoms with Crippen molar-refractivity contribution in [1.29, 1.82) is 0 Å². The Morgan fingerprint density at radius 2 is 2.04 bits per heavy atom. The van der Waals surface area contributed by atoms with Crippen molar-refractivity contribution in [2.75, 3.05) is 29.9 Å². The van der Waals surface area contributed by atoms with Gasteiger partial charge in [0.2, 0.25) is 0 Å². The van der Waals surface area contributed by atoms with Crippen molar-refractivity contribution in [2.45, 2.75) is 20.4 Å². The third-order valence-electron chi connectivity index (χ3n) is 3.96. The molecule has 0 unspecified atom stereocenters. The highest BCUT2D eigenvalue weighted by Gasteiger charge is 2.28. The first-order valence-electron chi connectivity index (χ1n) is 7.99. The third-order valence-corrected chi connectivity index (χ3v) is 3.96. The van der Waals surface area contributed by atoms with Gasteiger partial charge in [0.15, 0.2) is 5.69 Å². The maximum Gasteiger partial charge on any atom is 0.325 e. The van der Waals surface area contributed by atoms with Gasteiger partial charge in [-0.05, 0) is 32.0 Å². The molecule has 2 aromatic rings. The number of carbonyl (C=O) groups excluding carboxylic acids is 2. The smallest absolute Gasteiger partial charge is 0.323 e. The van der Waals surface area contributed by atoms with E-state index in [-0.39, 0.29) is 11.9 Å². The minimum Gasteiger partial charge on any atom is -0.323 e. The lowest BCUT2D eigenvalue weighted by Crippen LogP contribution is -2.32. The van der Waals surface area contributed by atoms with Crippen LogP contribution in [0.15, 0.2) is 30.6 Å². The molecule has 2 aromatic heterocycles. The van der Waals surface area contributed by atoms with Crippen LogP contribution in [0.25, 0.3) is 0 Å². The molecule has 0 aromatic carbocycles. The number of rotatable bonds is 5.